The summed E-state index contributed by atoms with van der Waals surface area (Å²) >= 11 is 0. The van der Waals surface area contributed by atoms with E-state index in [2.05, 4.69) is 40.1 Å². The second kappa shape index (κ2) is 28.5. The molecule has 4 aromatic carbocycles. The number of imidazole rings is 2. The number of fused-ring (bicyclic) bond motifs is 2. The zero-order chi connectivity index (χ0) is 66.8. The van der Waals surface area contributed by atoms with Gasteiger partial charge in [0.05, 0.1) is 80.4 Å². The maximum absolute atomic E-state index is 13.6. The Morgan fingerprint density at radius 1 is 0.500 bits per heavy atom. The molecule has 26 heteroatoms. The van der Waals surface area contributed by atoms with E-state index in [4.69, 9.17) is 9.47 Å². The number of benzene rings is 4. The highest BCUT2D eigenvalue weighted by molar-refractivity contribution is 5.95. The molecule has 94 heavy (non-hydrogen) atoms. The van der Waals surface area contributed by atoms with Crippen molar-refractivity contribution in [2.24, 2.45) is 0 Å². The topological polar surface area (TPSA) is 250 Å². The molecule has 12 rings (SSSR count). The van der Waals surface area contributed by atoms with Crippen molar-refractivity contribution in [1.29, 1.82) is 0 Å². The van der Waals surface area contributed by atoms with E-state index >= 15 is 0 Å². The standard InChI is InChI=1S/2C25H23F3N6.C18H14O8/c2*1-16-14-33(15-29-16)22-11-9-18(30-17(22)2)10-12-23-31-24-20(7-5-13-34(24)32-23)19-6-3-4-8-21(19)25(26,27)28;19-15(20)13(25-17(23)11-7-3-1-4-8-11)14(16(21)22)26-18(24)12-9-5-2-6-10-12/h2*3-4,6,8-12,14-15,20H,5,7,13H2,1-2H3;1-10,13-14H,(H,19,20)(H,21,22)/b2*12-10+;/t;;13-,14-/m..0/s1. The molecule has 10 aromatic rings. The molecular weight excluding hydrogens is 1230 g/mol. The number of carbonyl (C=O) groups is 4. The summed E-state index contributed by atoms with van der Waals surface area (Å²) in [4.78, 5) is 73.8. The van der Waals surface area contributed by atoms with Crippen molar-refractivity contribution in [1.82, 2.24) is 58.6 Å². The summed E-state index contributed by atoms with van der Waals surface area (Å²) in [5, 5.41) is 27.5. The van der Waals surface area contributed by atoms with Gasteiger partial charge >= 0.3 is 36.2 Å². The highest BCUT2D eigenvalue weighted by Crippen LogP contribution is 2.42. The third-order valence-electron chi connectivity index (χ3n) is 15.3. The zero-order valence-electron chi connectivity index (χ0n) is 50.9. The third-order valence-corrected chi connectivity index (χ3v) is 15.3. The molecule has 6 aromatic heterocycles. The van der Waals surface area contributed by atoms with E-state index < -0.39 is 71.4 Å². The molecule has 0 saturated carbocycles. The molecule has 20 nitrogen and oxygen atoms in total. The summed E-state index contributed by atoms with van der Waals surface area (Å²) < 4.78 is 98.4. The fourth-order valence-electron chi connectivity index (χ4n) is 10.9. The minimum Gasteiger partial charge on any atom is -0.478 e. The number of pyridine rings is 2. The van der Waals surface area contributed by atoms with Crippen molar-refractivity contribution in [2.75, 3.05) is 0 Å². The van der Waals surface area contributed by atoms with E-state index in [1.807, 2.05) is 85.6 Å². The van der Waals surface area contributed by atoms with Crippen molar-refractivity contribution in [3.63, 3.8) is 0 Å². The van der Waals surface area contributed by atoms with Crippen molar-refractivity contribution >= 4 is 48.2 Å². The van der Waals surface area contributed by atoms with Gasteiger partial charge in [0, 0.05) is 37.3 Å². The van der Waals surface area contributed by atoms with Gasteiger partial charge in [-0.05, 0) is 149 Å². The van der Waals surface area contributed by atoms with Crippen molar-refractivity contribution in [3.8, 4) is 11.4 Å². The minimum absolute atomic E-state index is 0.0253. The molecular formula is C68H60F6N12O8. The first kappa shape index (κ1) is 65.8. The average molecular weight is 1290 g/mol. The van der Waals surface area contributed by atoms with Gasteiger partial charge in [0.15, 0.2) is 11.6 Å². The third kappa shape index (κ3) is 15.7. The van der Waals surface area contributed by atoms with Crippen LogP contribution in [0, 0.1) is 27.7 Å². The molecule has 2 aliphatic heterocycles. The molecule has 0 aliphatic carbocycles. The van der Waals surface area contributed by atoms with Crippen LogP contribution in [0.5, 0.6) is 0 Å². The van der Waals surface area contributed by atoms with Crippen LogP contribution >= 0.6 is 0 Å². The molecule has 8 heterocycles. The highest BCUT2D eigenvalue weighted by Gasteiger charge is 2.42. The second-order valence-electron chi connectivity index (χ2n) is 21.9. The van der Waals surface area contributed by atoms with E-state index in [0.717, 1.165) is 70.5 Å². The Labute approximate surface area is 533 Å². The number of hydrogen-bond donors (Lipinski definition) is 2. The van der Waals surface area contributed by atoms with Crippen LogP contribution in [0.25, 0.3) is 35.7 Å². The van der Waals surface area contributed by atoms with Gasteiger partial charge < -0.3 is 28.8 Å². The van der Waals surface area contributed by atoms with Crippen LogP contribution in [-0.4, -0.2) is 105 Å². The number of aromatic nitrogens is 12. The van der Waals surface area contributed by atoms with Crippen molar-refractivity contribution in [3.05, 3.63) is 249 Å². The number of nitrogens with zero attached hydrogens (tertiary/aromatic N) is 12. The van der Waals surface area contributed by atoms with Gasteiger partial charge in [-0.1, -0.05) is 72.8 Å². The summed E-state index contributed by atoms with van der Waals surface area (Å²) in [6.45, 7) is 8.99. The Bertz CT molecular complexity index is 4150. The smallest absolute Gasteiger partial charge is 0.416 e. The molecule has 482 valence electrons. The van der Waals surface area contributed by atoms with Gasteiger partial charge in [-0.15, -0.1) is 0 Å². The Kier molecular flexibility index (Phi) is 20.0. The van der Waals surface area contributed by atoms with Crippen LogP contribution in [0.1, 0.15) is 138 Å². The number of rotatable bonds is 15. The van der Waals surface area contributed by atoms with Gasteiger partial charge in [0.25, 0.3) is 0 Å². The molecule has 0 saturated heterocycles. The van der Waals surface area contributed by atoms with E-state index in [1.165, 1.54) is 60.7 Å². The number of carboxylic acid groups (broad SMARTS) is 2. The summed E-state index contributed by atoms with van der Waals surface area (Å²) in [5.74, 6) is -4.47. The summed E-state index contributed by atoms with van der Waals surface area (Å²) in [6.07, 6.45) is 3.95. The van der Waals surface area contributed by atoms with Crippen LogP contribution in [0.4, 0.5) is 26.3 Å². The monoisotopic (exact) mass is 1290 g/mol. The SMILES string of the molecule is Cc1cn(-c2ccc(/C=C/c3nc4n(n3)CCCC4c3ccccc3C(F)(F)F)nc2C)cn1.Cc1cn(-c2ccc(/C=C/c3nc4n(n3)CCCC4c3ccccc3C(F)(F)F)nc2C)cn1.O=C(O[C@H](C(=O)O)[C@H](OC(=O)c1ccccc1)C(=O)O)c1ccccc1. The molecule has 0 bridgehead atoms. The molecule has 0 spiro atoms. The predicted molar refractivity (Wildman–Crippen MR) is 331 cm³/mol. The van der Waals surface area contributed by atoms with E-state index in [0.29, 0.717) is 49.2 Å². The summed E-state index contributed by atoms with van der Waals surface area (Å²) in [5.41, 5.74) is 6.25. The molecule has 4 atom stereocenters. The highest BCUT2D eigenvalue weighted by atomic mass is 19.4. The maximum Gasteiger partial charge on any atom is 0.416 e. The predicted octanol–water partition coefficient (Wildman–Crippen LogP) is 12.8. The van der Waals surface area contributed by atoms with Gasteiger partial charge in [-0.3, -0.25) is 9.97 Å². The minimum atomic E-state index is -4.41. The molecule has 2 unspecified atom stereocenters. The van der Waals surface area contributed by atoms with Gasteiger partial charge in [0.1, 0.15) is 11.6 Å². The van der Waals surface area contributed by atoms with Gasteiger partial charge in [-0.25, -0.2) is 48.5 Å². The Balaban J connectivity index is 0.000000156. The van der Waals surface area contributed by atoms with Gasteiger partial charge in [0.2, 0.25) is 12.2 Å². The Morgan fingerprint density at radius 3 is 1.21 bits per heavy atom. The number of halogens is 6. The fourth-order valence-corrected chi connectivity index (χ4v) is 10.9. The van der Waals surface area contributed by atoms with Crippen LogP contribution in [0.15, 0.2) is 159 Å². The lowest BCUT2D eigenvalue weighted by molar-refractivity contribution is -0.166. The lowest BCUT2D eigenvalue weighted by Gasteiger charge is -2.25. The second-order valence-corrected chi connectivity index (χ2v) is 21.9. The number of ether oxygens (including phenoxy) is 2. The first-order chi connectivity index (χ1) is 45.0. The lowest BCUT2D eigenvalue weighted by atomic mass is 9.88. The number of carboxylic acids is 2. The number of carbonyl (C=O) groups excluding carboxylic acids is 2. The van der Waals surface area contributed by atoms with Crippen molar-refractivity contribution in [2.45, 2.75) is 103 Å². The fraction of sp³-hybridized carbons (Fsp3) is 0.235. The normalized spacial score (nSPS) is 15.2. The molecule has 0 radical (unpaired) electrons. The molecule has 2 N–H and O–H groups in total. The van der Waals surface area contributed by atoms with E-state index in [-0.39, 0.29) is 22.3 Å². The Hall–Kier alpha value is -11.2. The van der Waals surface area contributed by atoms with E-state index in [9.17, 15) is 55.7 Å². The molecule has 2 aliphatic rings. The Morgan fingerprint density at radius 2 is 0.872 bits per heavy atom. The van der Waals surface area contributed by atoms with Crippen molar-refractivity contribution < 1.29 is 65.2 Å². The lowest BCUT2D eigenvalue weighted by Crippen LogP contribution is -2.45. The summed E-state index contributed by atoms with van der Waals surface area (Å²) in [7, 11) is 0. The number of alkyl halides is 6. The summed E-state index contributed by atoms with van der Waals surface area (Å²) in [6, 6.07) is 34.0. The number of aliphatic carboxylic acids is 2. The number of esters is 2. The van der Waals surface area contributed by atoms with Crippen LogP contribution in [0.3, 0.4) is 0 Å². The number of hydrogen-bond acceptors (Lipinski definition) is 14. The quantitative estimate of drug-likeness (QED) is 0.0715. The number of aryl methyl sites for hydroxylation is 6. The largest absolute Gasteiger partial charge is 0.478 e. The van der Waals surface area contributed by atoms with Crippen LogP contribution in [-0.2, 0) is 44.5 Å². The average Bonchev–Trinajstić information content (AvgIpc) is 1.51. The van der Waals surface area contributed by atoms with Crippen LogP contribution in [0.2, 0.25) is 0 Å². The van der Waals surface area contributed by atoms with Gasteiger partial charge in [-0.2, -0.15) is 36.5 Å². The van der Waals surface area contributed by atoms with E-state index in [1.54, 1.807) is 70.6 Å². The van der Waals surface area contributed by atoms with Crippen LogP contribution < -0.4 is 0 Å². The molecule has 0 amide bonds. The first-order valence-electron chi connectivity index (χ1n) is 29.5. The zero-order valence-corrected chi connectivity index (χ0v) is 50.9. The maximum atomic E-state index is 13.6. The first-order valence-corrected chi connectivity index (χ1v) is 29.5. The molecule has 0 fully saturated rings.